The van der Waals surface area contributed by atoms with E-state index in [1.165, 1.54) is 39.0 Å². The van der Waals surface area contributed by atoms with E-state index in [0.717, 1.165) is 16.7 Å². The minimum Gasteiger partial charge on any atom is -0.0911 e. The van der Waals surface area contributed by atoms with Crippen molar-refractivity contribution >= 4 is 28.9 Å². The van der Waals surface area contributed by atoms with Crippen LogP contribution >= 0.6 is 0 Å². The summed E-state index contributed by atoms with van der Waals surface area (Å²) in [7, 11) is 0. The lowest BCUT2D eigenvalue weighted by atomic mass is 9.95. The minimum absolute atomic E-state index is 0.992. The van der Waals surface area contributed by atoms with Crippen LogP contribution in [0.5, 0.6) is 0 Å². The zero-order chi connectivity index (χ0) is 24.6. The predicted molar refractivity (Wildman–Crippen MR) is 155 cm³/mol. The van der Waals surface area contributed by atoms with Gasteiger partial charge in [0.2, 0.25) is 0 Å². The summed E-state index contributed by atoms with van der Waals surface area (Å²) < 4.78 is 0. The molecule has 4 aromatic rings. The molecule has 0 nitrogen and oxygen atoms in total. The number of rotatable bonds is 7. The minimum atomic E-state index is 0.992. The van der Waals surface area contributed by atoms with Crippen LogP contribution in [-0.4, -0.2) is 0 Å². The molecule has 0 radical (unpaired) electrons. The van der Waals surface area contributed by atoms with Crippen LogP contribution in [0.4, 0.5) is 0 Å². The van der Waals surface area contributed by atoms with Crippen molar-refractivity contribution in [3.8, 4) is 0 Å². The largest absolute Gasteiger partial charge is 0.0911 e. The second-order valence-corrected chi connectivity index (χ2v) is 9.00. The summed E-state index contributed by atoms with van der Waals surface area (Å²) in [5.74, 6) is 0. The molecule has 0 bridgehead atoms. The average Bonchev–Trinajstić information content (AvgIpc) is 2.89. The number of hydrogen-bond donors (Lipinski definition) is 0. The molecule has 0 aliphatic rings. The van der Waals surface area contributed by atoms with Gasteiger partial charge in [0.25, 0.3) is 0 Å². The lowest BCUT2D eigenvalue weighted by molar-refractivity contribution is 1.44. The van der Waals surface area contributed by atoms with E-state index in [1.54, 1.807) is 0 Å². The van der Waals surface area contributed by atoms with Gasteiger partial charge in [-0.25, -0.2) is 0 Å². The second kappa shape index (κ2) is 11.3. The van der Waals surface area contributed by atoms with E-state index in [2.05, 4.69) is 155 Å². The van der Waals surface area contributed by atoms with E-state index in [0.29, 0.717) is 0 Å². The van der Waals surface area contributed by atoms with Gasteiger partial charge in [0.1, 0.15) is 0 Å². The van der Waals surface area contributed by atoms with Crippen molar-refractivity contribution in [1.29, 1.82) is 0 Å². The first kappa shape index (κ1) is 24.0. The average molecular weight is 453 g/mol. The van der Waals surface area contributed by atoms with Gasteiger partial charge in [0.05, 0.1) is 0 Å². The monoisotopic (exact) mass is 452 g/mol. The van der Waals surface area contributed by atoms with Crippen LogP contribution < -0.4 is 0 Å². The van der Waals surface area contributed by atoms with Crippen LogP contribution in [0.25, 0.3) is 28.9 Å². The second-order valence-electron chi connectivity index (χ2n) is 9.00. The zero-order valence-electron chi connectivity index (χ0n) is 20.8. The van der Waals surface area contributed by atoms with Crippen LogP contribution in [0.15, 0.2) is 122 Å². The van der Waals surface area contributed by atoms with Gasteiger partial charge in [0, 0.05) is 0 Å². The molecule has 0 saturated carbocycles. The summed E-state index contributed by atoms with van der Waals surface area (Å²) in [5.41, 5.74) is 11.9. The van der Waals surface area contributed by atoms with Crippen molar-refractivity contribution in [2.75, 3.05) is 0 Å². The summed E-state index contributed by atoms with van der Waals surface area (Å²) in [6, 6.07) is 36.2. The molecule has 35 heavy (non-hydrogen) atoms. The summed E-state index contributed by atoms with van der Waals surface area (Å²) in [4.78, 5) is 0. The molecule has 0 amide bonds. The summed E-state index contributed by atoms with van der Waals surface area (Å²) in [5, 5.41) is 0. The van der Waals surface area contributed by atoms with Gasteiger partial charge in [-0.1, -0.05) is 133 Å². The third-order valence-corrected chi connectivity index (χ3v) is 6.24. The summed E-state index contributed by atoms with van der Waals surface area (Å²) >= 11 is 0. The van der Waals surface area contributed by atoms with Gasteiger partial charge in [0.15, 0.2) is 0 Å². The van der Waals surface area contributed by atoms with Gasteiger partial charge >= 0.3 is 0 Å². The van der Waals surface area contributed by atoms with Gasteiger partial charge in [-0.2, -0.15) is 0 Å². The lowest BCUT2D eigenvalue weighted by Gasteiger charge is -2.09. The van der Waals surface area contributed by atoms with Crippen LogP contribution in [-0.2, 0) is 0 Å². The van der Waals surface area contributed by atoms with Crippen molar-refractivity contribution in [1.82, 2.24) is 0 Å². The summed E-state index contributed by atoms with van der Waals surface area (Å²) in [6.07, 6.45) is 8.77. The summed E-state index contributed by atoms with van der Waals surface area (Å²) in [6.45, 7) is 10.8. The number of hydrogen-bond acceptors (Lipinski definition) is 0. The number of allylic oxidation sites excluding steroid dienone is 5. The molecule has 0 unspecified atom stereocenters. The highest BCUT2D eigenvalue weighted by Crippen LogP contribution is 2.27. The number of aryl methyl sites for hydroxylation is 2. The van der Waals surface area contributed by atoms with E-state index in [4.69, 9.17) is 0 Å². The Kier molecular flexibility index (Phi) is 7.75. The third-order valence-electron chi connectivity index (χ3n) is 6.24. The van der Waals surface area contributed by atoms with Crippen LogP contribution in [0.1, 0.15) is 45.9 Å². The Morgan fingerprint density at radius 2 is 1.23 bits per heavy atom. The van der Waals surface area contributed by atoms with Crippen molar-refractivity contribution in [2.45, 2.75) is 20.8 Å². The van der Waals surface area contributed by atoms with Crippen molar-refractivity contribution in [2.24, 2.45) is 0 Å². The lowest BCUT2D eigenvalue weighted by Crippen LogP contribution is -1.87. The van der Waals surface area contributed by atoms with Gasteiger partial charge in [-0.3, -0.25) is 0 Å². The Bertz CT molecular complexity index is 1380. The van der Waals surface area contributed by atoms with Crippen LogP contribution in [0, 0.1) is 13.8 Å². The molecule has 172 valence electrons. The highest BCUT2D eigenvalue weighted by Gasteiger charge is 2.04. The van der Waals surface area contributed by atoms with E-state index < -0.39 is 0 Å². The standard InChI is InChI=1S/C35H32/c1-26-14-19-32(20-15-26)28(3)24-35(34-12-6-5-7-13-34)25-29(4)33-22-17-30(18-23-33)16-21-31-11-9-8-10-27(31)2/h5-25H,4H2,1-3H3/b21-16-,28-24+,35-25+. The molecule has 0 aliphatic heterocycles. The Balaban J connectivity index is 1.60. The first-order valence-corrected chi connectivity index (χ1v) is 12.0. The maximum Gasteiger partial charge on any atom is -0.0175 e. The van der Waals surface area contributed by atoms with E-state index in [-0.39, 0.29) is 0 Å². The Labute approximate surface area is 210 Å². The predicted octanol–water partition coefficient (Wildman–Crippen LogP) is 9.67. The van der Waals surface area contributed by atoms with Crippen LogP contribution in [0.3, 0.4) is 0 Å². The maximum atomic E-state index is 4.39. The quantitative estimate of drug-likeness (QED) is 0.193. The van der Waals surface area contributed by atoms with Gasteiger partial charge < -0.3 is 0 Å². The highest BCUT2D eigenvalue weighted by molar-refractivity contribution is 5.90. The van der Waals surface area contributed by atoms with Gasteiger partial charge in [-0.05, 0) is 76.9 Å². The van der Waals surface area contributed by atoms with E-state index in [1.807, 2.05) is 0 Å². The fourth-order valence-corrected chi connectivity index (χ4v) is 4.01. The molecular formula is C35H32. The number of benzene rings is 4. The van der Waals surface area contributed by atoms with Gasteiger partial charge in [-0.15, -0.1) is 0 Å². The molecule has 0 heteroatoms. The normalized spacial score (nSPS) is 12.2. The molecule has 0 heterocycles. The SMILES string of the molecule is C=C(/C=C(\C=C(/C)c1ccc(C)cc1)c1ccccc1)c1ccc(/C=C\c2ccccc2C)cc1. The Morgan fingerprint density at radius 1 is 0.600 bits per heavy atom. The van der Waals surface area contributed by atoms with E-state index in [9.17, 15) is 0 Å². The maximum absolute atomic E-state index is 4.39. The molecule has 0 atom stereocenters. The molecule has 4 aromatic carbocycles. The first-order valence-electron chi connectivity index (χ1n) is 12.0. The topological polar surface area (TPSA) is 0 Å². The van der Waals surface area contributed by atoms with E-state index >= 15 is 0 Å². The molecule has 0 aliphatic carbocycles. The van der Waals surface area contributed by atoms with Crippen molar-refractivity contribution in [3.05, 3.63) is 161 Å². The Hall–Kier alpha value is -4.16. The zero-order valence-corrected chi connectivity index (χ0v) is 20.8. The Morgan fingerprint density at radius 3 is 1.91 bits per heavy atom. The van der Waals surface area contributed by atoms with Crippen molar-refractivity contribution in [3.63, 3.8) is 0 Å². The smallest absolute Gasteiger partial charge is 0.0175 e. The molecule has 0 N–H and O–H groups in total. The third kappa shape index (κ3) is 6.46. The molecule has 0 saturated heterocycles. The fraction of sp³-hybridized carbons (Fsp3) is 0.0857. The molecular weight excluding hydrogens is 420 g/mol. The van der Waals surface area contributed by atoms with Crippen LogP contribution in [0.2, 0.25) is 0 Å². The molecule has 0 spiro atoms. The van der Waals surface area contributed by atoms with Crippen molar-refractivity contribution < 1.29 is 0 Å². The molecule has 0 fully saturated rings. The fourth-order valence-electron chi connectivity index (χ4n) is 4.01. The first-order chi connectivity index (χ1) is 17.0. The molecule has 0 aromatic heterocycles. The highest BCUT2D eigenvalue weighted by atomic mass is 14.1. The molecule has 4 rings (SSSR count).